The maximum absolute atomic E-state index is 12.8. The Morgan fingerprint density at radius 1 is 1.00 bits per heavy atom. The summed E-state index contributed by atoms with van der Waals surface area (Å²) in [5, 5.41) is 0.879. The van der Waals surface area contributed by atoms with Crippen LogP contribution in [-0.4, -0.2) is 39.2 Å². The lowest BCUT2D eigenvalue weighted by atomic mass is 10.1. The number of benzene rings is 2. The van der Waals surface area contributed by atoms with Crippen molar-refractivity contribution in [3.8, 4) is 17.2 Å². The number of nitrogens with zero attached hydrogens (tertiary/aromatic N) is 1. The highest BCUT2D eigenvalue weighted by Gasteiger charge is 2.19. The Kier molecular flexibility index (Phi) is 6.39. The van der Waals surface area contributed by atoms with E-state index in [9.17, 15) is 4.79 Å². The first-order valence-electron chi connectivity index (χ1n) is 7.40. The molecule has 0 unspecified atom stereocenters. The van der Waals surface area contributed by atoms with Gasteiger partial charge in [-0.1, -0.05) is 23.2 Å². The second-order valence-electron chi connectivity index (χ2n) is 5.31. The Morgan fingerprint density at radius 2 is 1.68 bits per heavy atom. The molecule has 0 aliphatic heterocycles. The molecular formula is C18H19Cl2NO4. The Bertz CT molecular complexity index is 780. The van der Waals surface area contributed by atoms with E-state index in [1.165, 1.54) is 14.2 Å². The number of carbonyl (C=O) groups is 1. The van der Waals surface area contributed by atoms with Gasteiger partial charge in [-0.3, -0.25) is 4.79 Å². The molecule has 0 fully saturated rings. The standard InChI is InChI=1S/C18H19Cl2NO4/c1-21(10-12-7-13(19)5-6-15(12)23-2)18(22)11-8-14(20)17(25-4)16(9-11)24-3/h5-9H,10H2,1-4H3. The van der Waals surface area contributed by atoms with Gasteiger partial charge in [-0.25, -0.2) is 0 Å². The normalized spacial score (nSPS) is 10.3. The summed E-state index contributed by atoms with van der Waals surface area (Å²) in [5.41, 5.74) is 1.20. The summed E-state index contributed by atoms with van der Waals surface area (Å²) in [7, 11) is 6.24. The first kappa shape index (κ1) is 19.2. The summed E-state index contributed by atoms with van der Waals surface area (Å²) in [6.45, 7) is 0.328. The second-order valence-corrected chi connectivity index (χ2v) is 6.15. The zero-order valence-corrected chi connectivity index (χ0v) is 15.9. The highest BCUT2D eigenvalue weighted by atomic mass is 35.5. The van der Waals surface area contributed by atoms with Crippen LogP contribution in [0.25, 0.3) is 0 Å². The van der Waals surface area contributed by atoms with Crippen LogP contribution in [0.1, 0.15) is 15.9 Å². The topological polar surface area (TPSA) is 48.0 Å². The molecule has 0 saturated carbocycles. The highest BCUT2D eigenvalue weighted by Crippen LogP contribution is 2.36. The SMILES string of the molecule is COc1ccc(Cl)cc1CN(C)C(=O)c1cc(Cl)c(OC)c(OC)c1. The van der Waals surface area contributed by atoms with Gasteiger partial charge in [-0.2, -0.15) is 0 Å². The summed E-state index contributed by atoms with van der Waals surface area (Å²) >= 11 is 12.2. The summed E-state index contributed by atoms with van der Waals surface area (Å²) in [6.07, 6.45) is 0. The summed E-state index contributed by atoms with van der Waals surface area (Å²) in [6, 6.07) is 8.42. The van der Waals surface area contributed by atoms with Gasteiger partial charge in [-0.15, -0.1) is 0 Å². The average molecular weight is 384 g/mol. The minimum absolute atomic E-state index is 0.218. The number of hydrogen-bond donors (Lipinski definition) is 0. The number of halogens is 2. The molecule has 0 heterocycles. The van der Waals surface area contributed by atoms with E-state index in [1.54, 1.807) is 49.4 Å². The Morgan fingerprint density at radius 3 is 2.28 bits per heavy atom. The van der Waals surface area contributed by atoms with Gasteiger partial charge in [0.2, 0.25) is 0 Å². The number of ether oxygens (including phenoxy) is 3. The molecule has 0 spiro atoms. The molecule has 134 valence electrons. The first-order valence-corrected chi connectivity index (χ1v) is 8.16. The van der Waals surface area contributed by atoms with Gasteiger partial charge in [0.25, 0.3) is 5.91 Å². The molecule has 5 nitrogen and oxygen atoms in total. The van der Waals surface area contributed by atoms with Crippen molar-refractivity contribution in [1.82, 2.24) is 4.90 Å². The van der Waals surface area contributed by atoms with Crippen molar-refractivity contribution in [3.63, 3.8) is 0 Å². The Balaban J connectivity index is 2.29. The fourth-order valence-corrected chi connectivity index (χ4v) is 2.94. The van der Waals surface area contributed by atoms with Crippen LogP contribution >= 0.6 is 23.2 Å². The van der Waals surface area contributed by atoms with Crippen molar-refractivity contribution in [2.45, 2.75) is 6.54 Å². The van der Waals surface area contributed by atoms with Crippen LogP contribution in [0, 0.1) is 0 Å². The fraction of sp³-hybridized carbons (Fsp3) is 0.278. The molecule has 0 aromatic heterocycles. The van der Waals surface area contributed by atoms with Crippen molar-refractivity contribution in [2.75, 3.05) is 28.4 Å². The molecular weight excluding hydrogens is 365 g/mol. The molecule has 0 aliphatic carbocycles. The average Bonchev–Trinajstić information content (AvgIpc) is 2.60. The summed E-state index contributed by atoms with van der Waals surface area (Å²) in [5.74, 6) is 1.23. The van der Waals surface area contributed by atoms with Crippen molar-refractivity contribution in [3.05, 3.63) is 51.5 Å². The van der Waals surface area contributed by atoms with E-state index < -0.39 is 0 Å². The van der Waals surface area contributed by atoms with Gasteiger partial charge in [0.05, 0.1) is 26.4 Å². The number of amides is 1. The summed E-state index contributed by atoms with van der Waals surface area (Å²) in [4.78, 5) is 14.3. The zero-order valence-electron chi connectivity index (χ0n) is 14.4. The van der Waals surface area contributed by atoms with Crippen LogP contribution in [0.2, 0.25) is 10.0 Å². The van der Waals surface area contributed by atoms with Crippen molar-refractivity contribution >= 4 is 29.1 Å². The van der Waals surface area contributed by atoms with Gasteiger partial charge in [0.15, 0.2) is 11.5 Å². The predicted molar refractivity (Wildman–Crippen MR) is 98.4 cm³/mol. The summed E-state index contributed by atoms with van der Waals surface area (Å²) < 4.78 is 15.7. The van der Waals surface area contributed by atoms with Crippen molar-refractivity contribution in [2.24, 2.45) is 0 Å². The molecule has 2 rings (SSSR count). The van der Waals surface area contributed by atoms with Crippen molar-refractivity contribution in [1.29, 1.82) is 0 Å². The number of carbonyl (C=O) groups excluding carboxylic acids is 1. The minimum atomic E-state index is -0.218. The quantitative estimate of drug-likeness (QED) is 0.746. The van der Waals surface area contributed by atoms with E-state index >= 15 is 0 Å². The molecule has 0 aliphatic rings. The van der Waals surface area contributed by atoms with Gasteiger partial charge < -0.3 is 19.1 Å². The first-order chi connectivity index (χ1) is 11.9. The van der Waals surface area contributed by atoms with Crippen LogP contribution in [-0.2, 0) is 6.54 Å². The number of methoxy groups -OCH3 is 3. The second kappa shape index (κ2) is 8.32. The molecule has 0 bridgehead atoms. The Hall–Kier alpha value is -2.11. The minimum Gasteiger partial charge on any atom is -0.496 e. The monoisotopic (exact) mass is 383 g/mol. The molecule has 0 N–H and O–H groups in total. The Labute approximate surface area is 157 Å². The van der Waals surface area contributed by atoms with E-state index in [0.29, 0.717) is 39.4 Å². The van der Waals surface area contributed by atoms with E-state index in [0.717, 1.165) is 5.56 Å². The fourth-order valence-electron chi connectivity index (χ4n) is 2.46. The lowest BCUT2D eigenvalue weighted by Gasteiger charge is -2.20. The maximum atomic E-state index is 12.8. The van der Waals surface area contributed by atoms with E-state index in [2.05, 4.69) is 0 Å². The maximum Gasteiger partial charge on any atom is 0.254 e. The van der Waals surface area contributed by atoms with Crippen LogP contribution < -0.4 is 14.2 Å². The molecule has 7 heteroatoms. The van der Waals surface area contributed by atoms with Crippen molar-refractivity contribution < 1.29 is 19.0 Å². The molecule has 0 saturated heterocycles. The smallest absolute Gasteiger partial charge is 0.254 e. The van der Waals surface area contributed by atoms with Gasteiger partial charge in [-0.05, 0) is 30.3 Å². The van der Waals surface area contributed by atoms with E-state index in [1.807, 2.05) is 0 Å². The predicted octanol–water partition coefficient (Wildman–Crippen LogP) is 4.29. The third kappa shape index (κ3) is 4.30. The molecule has 2 aromatic rings. The van der Waals surface area contributed by atoms with Crippen LogP contribution in [0.5, 0.6) is 17.2 Å². The molecule has 25 heavy (non-hydrogen) atoms. The molecule has 0 radical (unpaired) electrons. The number of hydrogen-bond acceptors (Lipinski definition) is 4. The molecule has 2 aromatic carbocycles. The number of rotatable bonds is 6. The highest BCUT2D eigenvalue weighted by molar-refractivity contribution is 6.32. The largest absolute Gasteiger partial charge is 0.496 e. The molecule has 1 amide bonds. The van der Waals surface area contributed by atoms with Gasteiger partial charge >= 0.3 is 0 Å². The van der Waals surface area contributed by atoms with Gasteiger partial charge in [0.1, 0.15) is 5.75 Å². The van der Waals surface area contributed by atoms with Gasteiger partial charge in [0, 0.05) is 29.7 Å². The zero-order chi connectivity index (χ0) is 18.6. The molecule has 0 atom stereocenters. The van der Waals surface area contributed by atoms with Crippen LogP contribution in [0.3, 0.4) is 0 Å². The lowest BCUT2D eigenvalue weighted by molar-refractivity contribution is 0.0783. The van der Waals surface area contributed by atoms with E-state index in [-0.39, 0.29) is 5.91 Å². The van der Waals surface area contributed by atoms with Crippen LogP contribution in [0.15, 0.2) is 30.3 Å². The lowest BCUT2D eigenvalue weighted by Crippen LogP contribution is -2.26. The van der Waals surface area contributed by atoms with E-state index in [4.69, 9.17) is 37.4 Å². The third-order valence-corrected chi connectivity index (χ3v) is 4.19. The third-order valence-electron chi connectivity index (χ3n) is 3.68. The van der Waals surface area contributed by atoms with Crippen LogP contribution in [0.4, 0.5) is 0 Å².